The van der Waals surface area contributed by atoms with Gasteiger partial charge in [-0.15, -0.1) is 0 Å². The van der Waals surface area contributed by atoms with Crippen LogP contribution in [0.15, 0.2) is 44.7 Å². The molecule has 0 aliphatic carbocycles. The standard InChI is InChI=1S/C25H29BrN4O3/c1-4-5-8-24-28-20-10-9-18(26)14-19(20)25(31)30(24)27-16-17-13-23(33-3)21(15-22(17)32-2)29-11-6-7-12-29/h9-10,13-16H,4-8,11-12H2,1-3H3. The second kappa shape index (κ2) is 10.4. The molecule has 2 heterocycles. The highest BCUT2D eigenvalue weighted by atomic mass is 79.9. The van der Waals surface area contributed by atoms with E-state index in [0.717, 1.165) is 47.4 Å². The molecule has 7 nitrogen and oxygen atoms in total. The van der Waals surface area contributed by atoms with Crippen LogP contribution in [0.3, 0.4) is 0 Å². The number of nitrogens with zero attached hydrogens (tertiary/aromatic N) is 4. The van der Waals surface area contributed by atoms with Gasteiger partial charge in [0.05, 0.1) is 37.0 Å². The first kappa shape index (κ1) is 23.3. The maximum Gasteiger partial charge on any atom is 0.282 e. The minimum Gasteiger partial charge on any atom is -0.496 e. The predicted molar refractivity (Wildman–Crippen MR) is 136 cm³/mol. The zero-order chi connectivity index (χ0) is 23.4. The molecule has 0 bridgehead atoms. The quantitative estimate of drug-likeness (QED) is 0.397. The summed E-state index contributed by atoms with van der Waals surface area (Å²) in [5.41, 5.74) is 2.24. The summed E-state index contributed by atoms with van der Waals surface area (Å²) < 4.78 is 13.6. The maximum atomic E-state index is 13.3. The van der Waals surface area contributed by atoms with Gasteiger partial charge in [0.1, 0.15) is 17.3 Å². The van der Waals surface area contributed by atoms with E-state index in [2.05, 4.69) is 32.9 Å². The lowest BCUT2D eigenvalue weighted by Crippen LogP contribution is -2.22. The predicted octanol–water partition coefficient (Wildman–Crippen LogP) is 5.00. The second-order valence-electron chi connectivity index (χ2n) is 8.11. The Morgan fingerprint density at radius 1 is 1.12 bits per heavy atom. The van der Waals surface area contributed by atoms with Crippen molar-refractivity contribution < 1.29 is 9.47 Å². The molecule has 0 N–H and O–H groups in total. The molecule has 1 aromatic heterocycles. The van der Waals surface area contributed by atoms with Gasteiger partial charge in [-0.1, -0.05) is 29.3 Å². The molecule has 174 valence electrons. The molecule has 33 heavy (non-hydrogen) atoms. The van der Waals surface area contributed by atoms with Crippen LogP contribution in [-0.2, 0) is 6.42 Å². The Balaban J connectivity index is 1.80. The summed E-state index contributed by atoms with van der Waals surface area (Å²) in [4.78, 5) is 20.4. The smallest absolute Gasteiger partial charge is 0.282 e. The molecular formula is C25H29BrN4O3. The third-order valence-electron chi connectivity index (χ3n) is 5.92. The minimum atomic E-state index is -0.191. The normalized spacial score (nSPS) is 13.9. The van der Waals surface area contributed by atoms with Gasteiger partial charge in [0.15, 0.2) is 0 Å². The van der Waals surface area contributed by atoms with Crippen molar-refractivity contribution in [2.24, 2.45) is 5.10 Å². The number of fused-ring (bicyclic) bond motifs is 1. The molecule has 1 fully saturated rings. The van der Waals surface area contributed by atoms with Crippen molar-refractivity contribution in [3.63, 3.8) is 0 Å². The molecule has 8 heteroatoms. The fourth-order valence-corrected chi connectivity index (χ4v) is 4.50. The molecule has 1 saturated heterocycles. The van der Waals surface area contributed by atoms with E-state index < -0.39 is 0 Å². The van der Waals surface area contributed by atoms with Gasteiger partial charge in [-0.2, -0.15) is 9.78 Å². The number of anilines is 1. The molecule has 0 atom stereocenters. The van der Waals surface area contributed by atoms with Gasteiger partial charge in [0, 0.05) is 35.6 Å². The molecule has 3 aromatic rings. The van der Waals surface area contributed by atoms with E-state index in [0.29, 0.717) is 28.9 Å². The summed E-state index contributed by atoms with van der Waals surface area (Å²) in [6.07, 6.45) is 6.58. The Morgan fingerprint density at radius 2 is 1.88 bits per heavy atom. The average Bonchev–Trinajstić information content (AvgIpc) is 3.37. The topological polar surface area (TPSA) is 69.0 Å². The van der Waals surface area contributed by atoms with E-state index in [9.17, 15) is 4.79 Å². The minimum absolute atomic E-state index is 0.191. The molecule has 0 radical (unpaired) electrons. The van der Waals surface area contributed by atoms with Gasteiger partial charge >= 0.3 is 0 Å². The SMILES string of the molecule is CCCCc1nc2ccc(Br)cc2c(=O)n1N=Cc1cc(OC)c(N2CCCC2)cc1OC. The Kier molecular flexibility index (Phi) is 7.33. The van der Waals surface area contributed by atoms with Crippen LogP contribution in [0.1, 0.15) is 44.0 Å². The third-order valence-corrected chi connectivity index (χ3v) is 6.41. The van der Waals surface area contributed by atoms with Gasteiger partial charge in [-0.05, 0) is 43.5 Å². The van der Waals surface area contributed by atoms with Crippen molar-refractivity contribution in [2.75, 3.05) is 32.2 Å². The van der Waals surface area contributed by atoms with Crippen LogP contribution in [0.4, 0.5) is 5.69 Å². The number of rotatable bonds is 8. The van der Waals surface area contributed by atoms with Gasteiger partial charge in [0.2, 0.25) is 0 Å². The van der Waals surface area contributed by atoms with Crippen molar-refractivity contribution in [1.82, 2.24) is 9.66 Å². The Bertz CT molecular complexity index is 1230. The highest BCUT2D eigenvalue weighted by Crippen LogP contribution is 2.36. The van der Waals surface area contributed by atoms with Crippen LogP contribution < -0.4 is 19.9 Å². The average molecular weight is 513 g/mol. The van der Waals surface area contributed by atoms with Crippen molar-refractivity contribution in [2.45, 2.75) is 39.0 Å². The van der Waals surface area contributed by atoms with Crippen molar-refractivity contribution in [3.8, 4) is 11.5 Å². The summed E-state index contributed by atoms with van der Waals surface area (Å²) >= 11 is 3.45. The molecule has 0 spiro atoms. The first-order chi connectivity index (χ1) is 16.0. The largest absolute Gasteiger partial charge is 0.496 e. The number of hydrogen-bond acceptors (Lipinski definition) is 6. The molecule has 4 rings (SSSR count). The molecular weight excluding hydrogens is 484 g/mol. The molecule has 0 unspecified atom stereocenters. The molecule has 0 amide bonds. The zero-order valence-electron chi connectivity index (χ0n) is 19.3. The fourth-order valence-electron chi connectivity index (χ4n) is 4.14. The van der Waals surface area contributed by atoms with Crippen LogP contribution >= 0.6 is 15.9 Å². The van der Waals surface area contributed by atoms with Gasteiger partial charge < -0.3 is 14.4 Å². The summed E-state index contributed by atoms with van der Waals surface area (Å²) in [6.45, 7) is 4.12. The van der Waals surface area contributed by atoms with Gasteiger partial charge in [-0.3, -0.25) is 4.79 Å². The van der Waals surface area contributed by atoms with Crippen LogP contribution in [0.2, 0.25) is 0 Å². The van der Waals surface area contributed by atoms with Gasteiger partial charge in [-0.25, -0.2) is 4.98 Å². The Morgan fingerprint density at radius 3 is 2.58 bits per heavy atom. The summed E-state index contributed by atoms with van der Waals surface area (Å²) in [6, 6.07) is 9.44. The second-order valence-corrected chi connectivity index (χ2v) is 9.03. The number of hydrogen-bond donors (Lipinski definition) is 0. The van der Waals surface area contributed by atoms with Crippen LogP contribution in [0.5, 0.6) is 11.5 Å². The number of benzene rings is 2. The number of methoxy groups -OCH3 is 2. The number of unbranched alkanes of at least 4 members (excludes halogenated alkanes) is 1. The lowest BCUT2D eigenvalue weighted by Gasteiger charge is -2.22. The number of aromatic nitrogens is 2. The van der Waals surface area contributed by atoms with E-state index in [-0.39, 0.29) is 5.56 Å². The lowest BCUT2D eigenvalue weighted by molar-refractivity contribution is 0.402. The van der Waals surface area contributed by atoms with E-state index in [1.807, 2.05) is 24.3 Å². The van der Waals surface area contributed by atoms with Crippen LogP contribution in [-0.4, -0.2) is 43.2 Å². The monoisotopic (exact) mass is 512 g/mol. The van der Waals surface area contributed by atoms with Gasteiger partial charge in [0.25, 0.3) is 5.56 Å². The van der Waals surface area contributed by atoms with E-state index >= 15 is 0 Å². The van der Waals surface area contributed by atoms with E-state index in [1.165, 1.54) is 17.5 Å². The van der Waals surface area contributed by atoms with E-state index in [1.54, 1.807) is 26.5 Å². The highest BCUT2D eigenvalue weighted by Gasteiger charge is 2.19. The molecule has 1 aliphatic heterocycles. The van der Waals surface area contributed by atoms with E-state index in [4.69, 9.17) is 14.5 Å². The Hall–Kier alpha value is -2.87. The third kappa shape index (κ3) is 4.90. The molecule has 0 saturated carbocycles. The zero-order valence-corrected chi connectivity index (χ0v) is 20.9. The van der Waals surface area contributed by atoms with Crippen molar-refractivity contribution in [1.29, 1.82) is 0 Å². The van der Waals surface area contributed by atoms with Crippen molar-refractivity contribution >= 4 is 38.7 Å². The number of ether oxygens (including phenoxy) is 2. The summed E-state index contributed by atoms with van der Waals surface area (Å²) in [5.74, 6) is 2.09. The fraction of sp³-hybridized carbons (Fsp3) is 0.400. The maximum absolute atomic E-state index is 13.3. The molecule has 2 aromatic carbocycles. The highest BCUT2D eigenvalue weighted by molar-refractivity contribution is 9.10. The first-order valence-corrected chi connectivity index (χ1v) is 12.1. The summed E-state index contributed by atoms with van der Waals surface area (Å²) in [5, 5.41) is 5.10. The lowest BCUT2D eigenvalue weighted by atomic mass is 10.1. The van der Waals surface area contributed by atoms with Crippen molar-refractivity contribution in [3.05, 3.63) is 56.5 Å². The number of aryl methyl sites for hydroxylation is 1. The number of halogens is 1. The first-order valence-electron chi connectivity index (χ1n) is 11.3. The Labute approximate surface area is 202 Å². The van der Waals surface area contributed by atoms with Crippen LogP contribution in [0, 0.1) is 0 Å². The van der Waals surface area contributed by atoms with Crippen LogP contribution in [0.25, 0.3) is 10.9 Å². The molecule has 1 aliphatic rings. The summed E-state index contributed by atoms with van der Waals surface area (Å²) in [7, 11) is 3.31.